The molecular formula is C8H9NO3. The third-order valence-corrected chi connectivity index (χ3v) is 1.89. The van der Waals surface area contributed by atoms with Crippen molar-refractivity contribution in [2.24, 2.45) is 0 Å². The molecule has 64 valence electrons. The zero-order valence-corrected chi connectivity index (χ0v) is 6.53. The molecule has 2 heterocycles. The molecule has 4 heteroatoms. The summed E-state index contributed by atoms with van der Waals surface area (Å²) < 4.78 is 10.1. The Bertz CT molecular complexity index is 268. The molecule has 0 spiro atoms. The highest BCUT2D eigenvalue weighted by molar-refractivity contribution is 5.79. The van der Waals surface area contributed by atoms with Gasteiger partial charge in [0.2, 0.25) is 0 Å². The van der Waals surface area contributed by atoms with E-state index in [0.717, 1.165) is 0 Å². The van der Waals surface area contributed by atoms with E-state index < -0.39 is 0 Å². The first-order chi connectivity index (χ1) is 5.86. The molecule has 0 radical (unpaired) electrons. The second kappa shape index (κ2) is 3.06. The van der Waals surface area contributed by atoms with E-state index in [2.05, 4.69) is 4.98 Å². The van der Waals surface area contributed by atoms with E-state index in [0.29, 0.717) is 25.1 Å². The van der Waals surface area contributed by atoms with Gasteiger partial charge in [0.1, 0.15) is 23.8 Å². The number of ketones is 1. The van der Waals surface area contributed by atoms with E-state index in [1.165, 1.54) is 12.7 Å². The van der Waals surface area contributed by atoms with Crippen LogP contribution < -0.4 is 0 Å². The summed E-state index contributed by atoms with van der Waals surface area (Å²) in [5.74, 6) is 0.231. The number of carbonyl (C=O) groups is 1. The van der Waals surface area contributed by atoms with Crippen LogP contribution in [0.4, 0.5) is 0 Å². The van der Waals surface area contributed by atoms with Gasteiger partial charge in [-0.1, -0.05) is 0 Å². The van der Waals surface area contributed by atoms with Gasteiger partial charge in [-0.3, -0.25) is 4.79 Å². The van der Waals surface area contributed by atoms with Crippen molar-refractivity contribution in [3.63, 3.8) is 0 Å². The Morgan fingerprint density at radius 3 is 3.17 bits per heavy atom. The molecule has 1 aliphatic heterocycles. The van der Waals surface area contributed by atoms with Crippen molar-refractivity contribution in [2.45, 2.75) is 18.9 Å². The Morgan fingerprint density at radius 2 is 2.50 bits per heavy atom. The maximum absolute atomic E-state index is 11.0. The van der Waals surface area contributed by atoms with Crippen molar-refractivity contribution in [1.29, 1.82) is 0 Å². The number of hydrogen-bond acceptors (Lipinski definition) is 4. The first-order valence-electron chi connectivity index (χ1n) is 3.87. The van der Waals surface area contributed by atoms with E-state index >= 15 is 0 Å². The normalized spacial score (nSPS) is 24.3. The average molecular weight is 167 g/mol. The first kappa shape index (κ1) is 7.49. The van der Waals surface area contributed by atoms with Crippen LogP contribution in [-0.4, -0.2) is 17.4 Å². The number of rotatable bonds is 1. The fourth-order valence-electron chi connectivity index (χ4n) is 1.25. The molecule has 0 bridgehead atoms. The molecule has 0 amide bonds. The Balaban J connectivity index is 2.09. The molecule has 2 rings (SSSR count). The molecule has 1 aromatic heterocycles. The number of Topliss-reactive ketones (excluding diaryl/α,β-unsaturated/α-hetero) is 1. The number of carbonyl (C=O) groups excluding carboxylic acids is 1. The number of ether oxygens (including phenoxy) is 1. The second-order valence-corrected chi connectivity index (χ2v) is 2.77. The lowest BCUT2D eigenvalue weighted by Gasteiger charge is -2.19. The average Bonchev–Trinajstić information content (AvgIpc) is 2.56. The molecule has 1 saturated heterocycles. The highest BCUT2D eigenvalue weighted by atomic mass is 16.5. The van der Waals surface area contributed by atoms with Crippen LogP contribution in [0.1, 0.15) is 24.6 Å². The van der Waals surface area contributed by atoms with Crippen LogP contribution in [0.15, 0.2) is 17.1 Å². The van der Waals surface area contributed by atoms with Gasteiger partial charge in [-0.05, 0) is 0 Å². The summed E-state index contributed by atoms with van der Waals surface area (Å²) in [5.41, 5.74) is 0.711. The SMILES string of the molecule is O=C1CCOC(c2cocn2)C1. The van der Waals surface area contributed by atoms with Gasteiger partial charge < -0.3 is 9.15 Å². The lowest BCUT2D eigenvalue weighted by Crippen LogP contribution is -2.19. The molecule has 0 saturated carbocycles. The lowest BCUT2D eigenvalue weighted by atomic mass is 10.1. The maximum atomic E-state index is 11.0. The molecule has 0 aromatic carbocycles. The van der Waals surface area contributed by atoms with Crippen LogP contribution in [0.25, 0.3) is 0 Å². The van der Waals surface area contributed by atoms with Crippen LogP contribution in [-0.2, 0) is 9.53 Å². The minimum absolute atomic E-state index is 0.190. The van der Waals surface area contributed by atoms with Crippen LogP contribution >= 0.6 is 0 Å². The third-order valence-electron chi connectivity index (χ3n) is 1.89. The van der Waals surface area contributed by atoms with Gasteiger partial charge in [0.25, 0.3) is 0 Å². The quantitative estimate of drug-likeness (QED) is 0.628. The summed E-state index contributed by atoms with van der Waals surface area (Å²) in [6.45, 7) is 0.496. The van der Waals surface area contributed by atoms with Crippen molar-refractivity contribution in [3.8, 4) is 0 Å². The number of hydrogen-bond donors (Lipinski definition) is 0. The van der Waals surface area contributed by atoms with Gasteiger partial charge in [-0.25, -0.2) is 4.98 Å². The maximum Gasteiger partial charge on any atom is 0.180 e. The van der Waals surface area contributed by atoms with Crippen molar-refractivity contribution in [3.05, 3.63) is 18.4 Å². The minimum atomic E-state index is -0.190. The summed E-state index contributed by atoms with van der Waals surface area (Å²) in [5, 5.41) is 0. The largest absolute Gasteiger partial charge is 0.451 e. The smallest absolute Gasteiger partial charge is 0.180 e. The molecule has 0 N–H and O–H groups in total. The summed E-state index contributed by atoms with van der Waals surface area (Å²) >= 11 is 0. The van der Waals surface area contributed by atoms with E-state index in [4.69, 9.17) is 9.15 Å². The van der Waals surface area contributed by atoms with Gasteiger partial charge >= 0.3 is 0 Å². The van der Waals surface area contributed by atoms with Crippen LogP contribution in [0.5, 0.6) is 0 Å². The van der Waals surface area contributed by atoms with Gasteiger partial charge in [0, 0.05) is 12.8 Å². The Morgan fingerprint density at radius 1 is 1.58 bits per heavy atom. The predicted octanol–water partition coefficient (Wildman–Crippen LogP) is 1.10. The molecule has 0 aliphatic carbocycles. The van der Waals surface area contributed by atoms with Crippen molar-refractivity contribution in [2.75, 3.05) is 6.61 Å². The lowest BCUT2D eigenvalue weighted by molar-refractivity contribution is -0.128. The highest BCUT2D eigenvalue weighted by Crippen LogP contribution is 2.24. The molecule has 4 nitrogen and oxygen atoms in total. The van der Waals surface area contributed by atoms with E-state index in [9.17, 15) is 4.79 Å². The standard InChI is InChI=1S/C8H9NO3/c10-6-1-2-12-8(3-6)7-4-11-5-9-7/h4-5,8H,1-3H2. The van der Waals surface area contributed by atoms with Gasteiger partial charge in [-0.15, -0.1) is 0 Å². The van der Waals surface area contributed by atoms with Crippen molar-refractivity contribution in [1.82, 2.24) is 4.98 Å². The molecule has 1 aromatic rings. The van der Waals surface area contributed by atoms with Crippen LogP contribution in [0.2, 0.25) is 0 Å². The third kappa shape index (κ3) is 1.38. The number of nitrogens with zero attached hydrogens (tertiary/aromatic N) is 1. The predicted molar refractivity (Wildman–Crippen MR) is 39.4 cm³/mol. The van der Waals surface area contributed by atoms with Crippen LogP contribution in [0, 0.1) is 0 Å². The summed E-state index contributed by atoms with van der Waals surface area (Å²) in [7, 11) is 0. The molecule has 1 unspecified atom stereocenters. The zero-order chi connectivity index (χ0) is 8.39. The van der Waals surface area contributed by atoms with Gasteiger partial charge in [-0.2, -0.15) is 0 Å². The zero-order valence-electron chi connectivity index (χ0n) is 6.53. The number of aromatic nitrogens is 1. The molecular weight excluding hydrogens is 158 g/mol. The Labute approximate surface area is 69.5 Å². The first-order valence-corrected chi connectivity index (χ1v) is 3.87. The van der Waals surface area contributed by atoms with Gasteiger partial charge in [0.05, 0.1) is 6.61 Å². The van der Waals surface area contributed by atoms with Crippen molar-refractivity contribution < 1.29 is 13.9 Å². The van der Waals surface area contributed by atoms with E-state index in [1.807, 2.05) is 0 Å². The topological polar surface area (TPSA) is 52.3 Å². The molecule has 1 aliphatic rings. The Hall–Kier alpha value is -1.16. The molecule has 12 heavy (non-hydrogen) atoms. The summed E-state index contributed by atoms with van der Waals surface area (Å²) in [6.07, 6.45) is 3.62. The number of oxazole rings is 1. The fourth-order valence-corrected chi connectivity index (χ4v) is 1.25. The monoisotopic (exact) mass is 167 g/mol. The summed E-state index contributed by atoms with van der Waals surface area (Å²) in [6, 6.07) is 0. The van der Waals surface area contributed by atoms with Crippen LogP contribution in [0.3, 0.4) is 0 Å². The highest BCUT2D eigenvalue weighted by Gasteiger charge is 2.23. The van der Waals surface area contributed by atoms with Gasteiger partial charge in [0.15, 0.2) is 6.39 Å². The molecule has 1 atom stereocenters. The summed E-state index contributed by atoms with van der Waals surface area (Å²) in [4.78, 5) is 15.0. The second-order valence-electron chi connectivity index (χ2n) is 2.77. The molecule has 1 fully saturated rings. The minimum Gasteiger partial charge on any atom is -0.451 e. The van der Waals surface area contributed by atoms with Crippen molar-refractivity contribution >= 4 is 5.78 Å². The van der Waals surface area contributed by atoms with E-state index in [-0.39, 0.29) is 11.9 Å². The Kier molecular flexibility index (Phi) is 1.91. The van der Waals surface area contributed by atoms with E-state index in [1.54, 1.807) is 0 Å². The fraction of sp³-hybridized carbons (Fsp3) is 0.500.